The summed E-state index contributed by atoms with van der Waals surface area (Å²) in [5.41, 5.74) is 0.638. The molecule has 0 saturated carbocycles. The van der Waals surface area contributed by atoms with Crippen molar-refractivity contribution in [3.05, 3.63) is 30.3 Å². The van der Waals surface area contributed by atoms with Gasteiger partial charge in [-0.05, 0) is 42.6 Å². The lowest BCUT2D eigenvalue weighted by Crippen LogP contribution is -2.35. The van der Waals surface area contributed by atoms with E-state index in [4.69, 9.17) is 0 Å². The van der Waals surface area contributed by atoms with Gasteiger partial charge in [-0.2, -0.15) is 0 Å². The summed E-state index contributed by atoms with van der Waals surface area (Å²) in [7, 11) is 1.65. The van der Waals surface area contributed by atoms with Crippen LogP contribution in [0.2, 0.25) is 0 Å². The zero-order valence-corrected chi connectivity index (χ0v) is 10.5. The Morgan fingerprint density at radius 1 is 1.47 bits per heavy atom. The van der Waals surface area contributed by atoms with Crippen molar-refractivity contribution in [2.45, 2.75) is 13.0 Å². The number of nitrogens with zero attached hydrogens (tertiary/aromatic N) is 4. The van der Waals surface area contributed by atoms with Gasteiger partial charge in [-0.25, -0.2) is 9.07 Å². The van der Waals surface area contributed by atoms with Gasteiger partial charge >= 0.3 is 0 Å². The van der Waals surface area contributed by atoms with Crippen LogP contribution >= 0.6 is 0 Å². The Balaban J connectivity index is 2.25. The van der Waals surface area contributed by atoms with Crippen LogP contribution in [0.1, 0.15) is 6.92 Å². The molecule has 0 saturated heterocycles. The van der Waals surface area contributed by atoms with Crippen molar-refractivity contribution in [1.29, 1.82) is 0 Å². The number of likely N-dealkylation sites (N-methyl/N-ethyl adjacent to an activating group) is 1. The Kier molecular flexibility index (Phi) is 3.81. The smallest absolute Gasteiger partial charge is 0.241 e. The number of carbonyl (C=O) groups is 1. The number of benzene rings is 1. The predicted molar refractivity (Wildman–Crippen MR) is 66.3 cm³/mol. The molecule has 19 heavy (non-hydrogen) atoms. The highest BCUT2D eigenvalue weighted by Crippen LogP contribution is 2.18. The number of rotatable bonds is 4. The van der Waals surface area contributed by atoms with Crippen LogP contribution < -0.4 is 10.6 Å². The minimum atomic E-state index is -0.520. The molecule has 1 aromatic heterocycles. The Labute approximate surface area is 108 Å². The van der Waals surface area contributed by atoms with Gasteiger partial charge in [0.1, 0.15) is 12.1 Å². The van der Waals surface area contributed by atoms with Crippen molar-refractivity contribution in [3.8, 4) is 5.69 Å². The van der Waals surface area contributed by atoms with Crippen molar-refractivity contribution in [3.63, 3.8) is 0 Å². The Morgan fingerprint density at radius 2 is 2.26 bits per heavy atom. The van der Waals surface area contributed by atoms with Gasteiger partial charge in [0.2, 0.25) is 5.91 Å². The molecule has 0 fully saturated rings. The van der Waals surface area contributed by atoms with E-state index in [0.717, 1.165) is 0 Å². The third-order valence-corrected chi connectivity index (χ3v) is 2.65. The number of aromatic nitrogens is 4. The molecular weight excluding hydrogens is 251 g/mol. The van der Waals surface area contributed by atoms with Crippen molar-refractivity contribution in [2.24, 2.45) is 0 Å². The summed E-state index contributed by atoms with van der Waals surface area (Å²) >= 11 is 0. The first kappa shape index (κ1) is 13.1. The quantitative estimate of drug-likeness (QED) is 0.832. The second-order valence-corrected chi connectivity index (χ2v) is 3.92. The SMILES string of the molecule is CNC(C)C(=O)Nc1cc(-n2cnnn2)ccc1F. The largest absolute Gasteiger partial charge is 0.322 e. The molecule has 2 N–H and O–H groups in total. The van der Waals surface area contributed by atoms with E-state index in [-0.39, 0.29) is 11.6 Å². The number of tetrazole rings is 1. The first-order chi connectivity index (χ1) is 9.11. The van der Waals surface area contributed by atoms with E-state index < -0.39 is 11.9 Å². The number of nitrogens with one attached hydrogen (secondary N) is 2. The number of hydrogen-bond donors (Lipinski definition) is 2. The summed E-state index contributed by atoms with van der Waals surface area (Å²) in [5, 5.41) is 16.0. The second-order valence-electron chi connectivity index (χ2n) is 3.92. The molecule has 2 aromatic rings. The molecule has 1 heterocycles. The summed E-state index contributed by atoms with van der Waals surface area (Å²) in [4.78, 5) is 11.7. The molecule has 0 aliphatic carbocycles. The molecule has 0 aliphatic heterocycles. The number of halogens is 1. The zero-order valence-electron chi connectivity index (χ0n) is 10.5. The minimum absolute atomic E-state index is 0.0834. The molecular formula is C11H13FN6O. The topological polar surface area (TPSA) is 84.7 Å². The highest BCUT2D eigenvalue weighted by atomic mass is 19.1. The van der Waals surface area contributed by atoms with E-state index in [0.29, 0.717) is 5.69 Å². The first-order valence-corrected chi connectivity index (χ1v) is 5.63. The van der Waals surface area contributed by atoms with Gasteiger partial charge in [0.25, 0.3) is 0 Å². The third-order valence-electron chi connectivity index (χ3n) is 2.65. The third kappa shape index (κ3) is 2.91. The Bertz CT molecular complexity index is 571. The first-order valence-electron chi connectivity index (χ1n) is 5.63. The van der Waals surface area contributed by atoms with E-state index in [9.17, 15) is 9.18 Å². The van der Waals surface area contributed by atoms with Crippen molar-refractivity contribution >= 4 is 11.6 Å². The lowest BCUT2D eigenvalue weighted by Gasteiger charge is -2.12. The summed E-state index contributed by atoms with van der Waals surface area (Å²) in [5.74, 6) is -0.844. The molecule has 0 radical (unpaired) electrons. The molecule has 100 valence electrons. The van der Waals surface area contributed by atoms with Crippen LogP contribution in [0, 0.1) is 5.82 Å². The standard InChI is InChI=1S/C11H13FN6O/c1-7(13-2)11(19)15-10-5-8(3-4-9(10)12)18-6-14-16-17-18/h3-7,13H,1-2H3,(H,15,19). The maximum atomic E-state index is 13.6. The van der Waals surface area contributed by atoms with Crippen LogP contribution in [0.15, 0.2) is 24.5 Å². The number of amides is 1. The van der Waals surface area contributed by atoms with Crippen molar-refractivity contribution < 1.29 is 9.18 Å². The molecule has 2 rings (SSSR count). The maximum absolute atomic E-state index is 13.6. The van der Waals surface area contributed by atoms with E-state index in [1.165, 1.54) is 29.2 Å². The molecule has 7 nitrogen and oxygen atoms in total. The van der Waals surface area contributed by atoms with E-state index in [1.54, 1.807) is 14.0 Å². The van der Waals surface area contributed by atoms with Crippen LogP contribution in [-0.4, -0.2) is 39.2 Å². The van der Waals surface area contributed by atoms with Gasteiger partial charge in [0.05, 0.1) is 17.4 Å². The van der Waals surface area contributed by atoms with Gasteiger partial charge in [0, 0.05) is 0 Å². The molecule has 1 atom stereocenters. The Hall–Kier alpha value is -2.35. The van der Waals surface area contributed by atoms with Gasteiger partial charge in [-0.15, -0.1) is 5.10 Å². The lowest BCUT2D eigenvalue weighted by molar-refractivity contribution is -0.117. The van der Waals surface area contributed by atoms with Crippen LogP contribution in [0.5, 0.6) is 0 Å². The fraction of sp³-hybridized carbons (Fsp3) is 0.273. The van der Waals surface area contributed by atoms with Crippen LogP contribution in [-0.2, 0) is 4.79 Å². The van der Waals surface area contributed by atoms with Gasteiger partial charge in [0.15, 0.2) is 0 Å². The van der Waals surface area contributed by atoms with Gasteiger partial charge in [-0.3, -0.25) is 4.79 Å². The summed E-state index contributed by atoms with van der Waals surface area (Å²) in [6, 6.07) is 3.81. The zero-order chi connectivity index (χ0) is 13.8. The number of hydrogen-bond acceptors (Lipinski definition) is 5. The van der Waals surface area contributed by atoms with Crippen LogP contribution in [0.4, 0.5) is 10.1 Å². The molecule has 1 unspecified atom stereocenters. The van der Waals surface area contributed by atoms with Crippen molar-refractivity contribution in [2.75, 3.05) is 12.4 Å². The lowest BCUT2D eigenvalue weighted by atomic mass is 10.2. The number of carbonyl (C=O) groups excluding carboxylic acids is 1. The second kappa shape index (κ2) is 5.53. The fourth-order valence-corrected chi connectivity index (χ4v) is 1.40. The van der Waals surface area contributed by atoms with E-state index in [1.807, 2.05) is 0 Å². The average Bonchev–Trinajstić information content (AvgIpc) is 2.94. The average molecular weight is 264 g/mol. The summed E-state index contributed by atoms with van der Waals surface area (Å²) in [6.45, 7) is 1.68. The highest BCUT2D eigenvalue weighted by molar-refractivity contribution is 5.94. The molecule has 1 amide bonds. The van der Waals surface area contributed by atoms with Crippen molar-refractivity contribution in [1.82, 2.24) is 25.5 Å². The van der Waals surface area contributed by atoms with Crippen LogP contribution in [0.25, 0.3) is 5.69 Å². The summed E-state index contributed by atoms with van der Waals surface area (Å²) < 4.78 is 15.0. The van der Waals surface area contributed by atoms with Crippen LogP contribution in [0.3, 0.4) is 0 Å². The highest BCUT2D eigenvalue weighted by Gasteiger charge is 2.13. The molecule has 0 bridgehead atoms. The maximum Gasteiger partial charge on any atom is 0.241 e. The van der Waals surface area contributed by atoms with E-state index >= 15 is 0 Å². The molecule has 8 heteroatoms. The van der Waals surface area contributed by atoms with Gasteiger partial charge < -0.3 is 10.6 Å². The number of anilines is 1. The van der Waals surface area contributed by atoms with E-state index in [2.05, 4.69) is 26.2 Å². The normalized spacial score (nSPS) is 12.2. The molecule has 0 aliphatic rings. The fourth-order valence-electron chi connectivity index (χ4n) is 1.40. The molecule has 1 aromatic carbocycles. The molecule has 0 spiro atoms. The van der Waals surface area contributed by atoms with Gasteiger partial charge in [-0.1, -0.05) is 0 Å². The minimum Gasteiger partial charge on any atom is -0.322 e. The predicted octanol–water partition coefficient (Wildman–Crippen LogP) is 0.348. The summed E-state index contributed by atoms with van der Waals surface area (Å²) in [6.07, 6.45) is 1.38. The Morgan fingerprint density at radius 3 is 2.89 bits per heavy atom. The monoisotopic (exact) mass is 264 g/mol.